The Balaban J connectivity index is 2.09. The number of rotatable bonds is 5. The molecule has 21 heavy (non-hydrogen) atoms. The molecule has 0 bridgehead atoms. The summed E-state index contributed by atoms with van der Waals surface area (Å²) in [6, 6.07) is 5.95. The van der Waals surface area contributed by atoms with E-state index in [2.05, 4.69) is 29.2 Å². The molecule has 0 aromatic heterocycles. The van der Waals surface area contributed by atoms with Crippen molar-refractivity contribution in [1.82, 2.24) is 15.1 Å². The minimum Gasteiger partial charge on any atom is -0.494 e. The average molecular weight is 295 g/mol. The van der Waals surface area contributed by atoms with Gasteiger partial charge in [0.25, 0.3) is 0 Å². The maximum Gasteiger partial charge on any atom is 0.165 e. The van der Waals surface area contributed by atoms with Gasteiger partial charge in [-0.3, -0.25) is 4.90 Å². The molecule has 1 aliphatic rings. The van der Waals surface area contributed by atoms with Gasteiger partial charge >= 0.3 is 0 Å². The fourth-order valence-corrected chi connectivity index (χ4v) is 3.00. The van der Waals surface area contributed by atoms with Crippen LogP contribution in [0.1, 0.15) is 5.56 Å². The summed E-state index contributed by atoms with van der Waals surface area (Å²) < 4.78 is 18.8. The van der Waals surface area contributed by atoms with Crippen LogP contribution in [0.3, 0.4) is 0 Å². The van der Waals surface area contributed by atoms with E-state index >= 15 is 0 Å². The van der Waals surface area contributed by atoms with Crippen LogP contribution in [-0.2, 0) is 6.42 Å². The molecule has 0 spiro atoms. The monoisotopic (exact) mass is 295 g/mol. The predicted octanol–water partition coefficient (Wildman–Crippen LogP) is 1.21. The molecule has 0 saturated carbocycles. The largest absolute Gasteiger partial charge is 0.494 e. The van der Waals surface area contributed by atoms with Crippen molar-refractivity contribution >= 4 is 0 Å². The van der Waals surface area contributed by atoms with Crippen molar-refractivity contribution in [2.24, 2.45) is 0 Å². The average Bonchev–Trinajstić information content (AvgIpc) is 2.47. The number of hydrogen-bond donors (Lipinski definition) is 1. The molecule has 1 saturated heterocycles. The number of hydrogen-bond acceptors (Lipinski definition) is 4. The molecule has 2 atom stereocenters. The highest BCUT2D eigenvalue weighted by molar-refractivity contribution is 5.30. The lowest BCUT2D eigenvalue weighted by Crippen LogP contribution is -2.58. The summed E-state index contributed by atoms with van der Waals surface area (Å²) in [6.45, 7) is 3.19. The highest BCUT2D eigenvalue weighted by Gasteiger charge is 2.29. The van der Waals surface area contributed by atoms with Crippen LogP contribution >= 0.6 is 0 Å². The van der Waals surface area contributed by atoms with Gasteiger partial charge in [-0.1, -0.05) is 6.07 Å². The van der Waals surface area contributed by atoms with Crippen LogP contribution in [0.4, 0.5) is 4.39 Å². The van der Waals surface area contributed by atoms with Gasteiger partial charge < -0.3 is 15.0 Å². The lowest BCUT2D eigenvalue weighted by atomic mass is 9.96. The molecular weight excluding hydrogens is 269 g/mol. The van der Waals surface area contributed by atoms with Crippen molar-refractivity contribution in [1.29, 1.82) is 0 Å². The van der Waals surface area contributed by atoms with Gasteiger partial charge in [0.05, 0.1) is 7.11 Å². The zero-order valence-electron chi connectivity index (χ0n) is 13.4. The Morgan fingerprint density at radius 2 is 2.14 bits per heavy atom. The van der Waals surface area contributed by atoms with Gasteiger partial charge in [-0.2, -0.15) is 0 Å². The number of methoxy groups -OCH3 is 1. The topological polar surface area (TPSA) is 27.7 Å². The van der Waals surface area contributed by atoms with E-state index in [-0.39, 0.29) is 5.82 Å². The van der Waals surface area contributed by atoms with Crippen LogP contribution in [0.2, 0.25) is 0 Å². The quantitative estimate of drug-likeness (QED) is 0.884. The molecule has 1 fully saturated rings. The third-order valence-corrected chi connectivity index (χ3v) is 4.41. The number of benzene rings is 1. The van der Waals surface area contributed by atoms with E-state index in [1.54, 1.807) is 12.1 Å². The first kappa shape index (κ1) is 16.2. The van der Waals surface area contributed by atoms with Gasteiger partial charge in [0.2, 0.25) is 0 Å². The number of halogens is 1. The molecule has 118 valence electrons. The maximum absolute atomic E-state index is 13.8. The maximum atomic E-state index is 13.8. The zero-order valence-corrected chi connectivity index (χ0v) is 13.4. The lowest BCUT2D eigenvalue weighted by Gasteiger charge is -2.42. The smallest absolute Gasteiger partial charge is 0.165 e. The van der Waals surface area contributed by atoms with Gasteiger partial charge in [0.1, 0.15) is 0 Å². The summed E-state index contributed by atoms with van der Waals surface area (Å²) in [5, 5.41) is 3.40. The summed E-state index contributed by atoms with van der Waals surface area (Å²) >= 11 is 0. The Labute approximate surface area is 126 Å². The van der Waals surface area contributed by atoms with Crippen molar-refractivity contribution in [2.75, 3.05) is 47.9 Å². The number of piperazine rings is 1. The molecule has 2 rings (SSSR count). The molecule has 0 amide bonds. The molecule has 4 nitrogen and oxygen atoms in total. The van der Waals surface area contributed by atoms with Crippen molar-refractivity contribution in [2.45, 2.75) is 18.5 Å². The molecular formula is C16H26FN3O. The fraction of sp³-hybridized carbons (Fsp3) is 0.625. The van der Waals surface area contributed by atoms with Crippen LogP contribution in [0.5, 0.6) is 5.75 Å². The number of nitrogens with one attached hydrogen (secondary N) is 1. The highest BCUT2D eigenvalue weighted by Crippen LogP contribution is 2.20. The van der Waals surface area contributed by atoms with Crippen molar-refractivity contribution in [3.05, 3.63) is 29.6 Å². The third kappa shape index (κ3) is 3.93. The number of likely N-dealkylation sites (N-methyl/N-ethyl adjacent to an activating group) is 3. The van der Waals surface area contributed by atoms with E-state index in [1.807, 2.05) is 13.1 Å². The summed E-state index contributed by atoms with van der Waals surface area (Å²) in [5.41, 5.74) is 0.995. The SMILES string of the molecule is CNC(Cc1ccc(OC)c(F)c1)C1CN(C)CCN1C. The first-order chi connectivity index (χ1) is 10.0. The van der Waals surface area contributed by atoms with E-state index in [0.29, 0.717) is 17.8 Å². The summed E-state index contributed by atoms with van der Waals surface area (Å²) in [5.74, 6) is 0.00763. The van der Waals surface area contributed by atoms with Gasteiger partial charge in [-0.25, -0.2) is 4.39 Å². The van der Waals surface area contributed by atoms with E-state index in [1.165, 1.54) is 7.11 Å². The molecule has 1 heterocycles. The van der Waals surface area contributed by atoms with Gasteiger partial charge in [-0.05, 0) is 45.3 Å². The first-order valence-electron chi connectivity index (χ1n) is 7.43. The Morgan fingerprint density at radius 3 is 2.76 bits per heavy atom. The molecule has 1 aliphatic heterocycles. The molecule has 0 radical (unpaired) electrons. The Bertz CT molecular complexity index is 469. The number of nitrogens with zero attached hydrogens (tertiary/aromatic N) is 2. The predicted molar refractivity (Wildman–Crippen MR) is 83.4 cm³/mol. The Morgan fingerprint density at radius 1 is 1.38 bits per heavy atom. The second-order valence-corrected chi connectivity index (χ2v) is 5.88. The minimum atomic E-state index is -0.293. The van der Waals surface area contributed by atoms with E-state index in [4.69, 9.17) is 4.74 Å². The van der Waals surface area contributed by atoms with Crippen LogP contribution < -0.4 is 10.1 Å². The van der Waals surface area contributed by atoms with Crippen LogP contribution in [-0.4, -0.2) is 69.8 Å². The molecule has 0 aliphatic carbocycles. The summed E-state index contributed by atoms with van der Waals surface area (Å²) in [4.78, 5) is 4.74. The van der Waals surface area contributed by atoms with Gasteiger partial charge in [0.15, 0.2) is 11.6 Å². The second-order valence-electron chi connectivity index (χ2n) is 5.88. The van der Waals surface area contributed by atoms with Gasteiger partial charge in [0, 0.05) is 31.7 Å². The first-order valence-corrected chi connectivity index (χ1v) is 7.43. The van der Waals surface area contributed by atoms with E-state index in [0.717, 1.165) is 31.6 Å². The van der Waals surface area contributed by atoms with Crippen LogP contribution in [0.15, 0.2) is 18.2 Å². The molecule has 1 N–H and O–H groups in total. The van der Waals surface area contributed by atoms with E-state index < -0.39 is 0 Å². The summed E-state index contributed by atoms with van der Waals surface area (Å²) in [6.07, 6.45) is 0.806. The van der Waals surface area contributed by atoms with Crippen LogP contribution in [0.25, 0.3) is 0 Å². The standard InChI is InChI=1S/C16H26FN3O/c1-18-14(15-11-19(2)7-8-20(15)3)10-12-5-6-16(21-4)13(17)9-12/h5-6,9,14-15,18H,7-8,10-11H2,1-4H3. The zero-order chi connectivity index (χ0) is 15.4. The lowest BCUT2D eigenvalue weighted by molar-refractivity contribution is 0.0897. The van der Waals surface area contributed by atoms with Crippen molar-refractivity contribution in [3.63, 3.8) is 0 Å². The second kappa shape index (κ2) is 7.20. The van der Waals surface area contributed by atoms with Crippen molar-refractivity contribution < 1.29 is 9.13 Å². The normalized spacial score (nSPS) is 22.2. The van der Waals surface area contributed by atoms with Crippen molar-refractivity contribution in [3.8, 4) is 5.75 Å². The summed E-state index contributed by atoms with van der Waals surface area (Å²) in [7, 11) is 7.78. The third-order valence-electron chi connectivity index (χ3n) is 4.41. The molecule has 1 aromatic carbocycles. The highest BCUT2D eigenvalue weighted by atomic mass is 19.1. The minimum absolute atomic E-state index is 0.293. The van der Waals surface area contributed by atoms with Gasteiger partial charge in [-0.15, -0.1) is 0 Å². The number of ether oxygens (including phenoxy) is 1. The Kier molecular flexibility index (Phi) is 5.56. The fourth-order valence-electron chi connectivity index (χ4n) is 3.00. The Hall–Kier alpha value is -1.17. The van der Waals surface area contributed by atoms with E-state index in [9.17, 15) is 4.39 Å². The van der Waals surface area contributed by atoms with Crippen LogP contribution in [0, 0.1) is 5.82 Å². The molecule has 1 aromatic rings. The molecule has 5 heteroatoms. The molecule has 2 unspecified atom stereocenters.